The summed E-state index contributed by atoms with van der Waals surface area (Å²) >= 11 is 0. The first-order valence-corrected chi connectivity index (χ1v) is 7.48. The van der Waals surface area contributed by atoms with Gasteiger partial charge >= 0.3 is 0 Å². The van der Waals surface area contributed by atoms with Crippen LogP contribution in [-0.2, 0) is 14.8 Å². The van der Waals surface area contributed by atoms with Crippen molar-refractivity contribution in [2.75, 3.05) is 18.6 Å². The molecule has 0 radical (unpaired) electrons. The normalized spacial score (nSPS) is 24.1. The molecule has 1 fully saturated rings. The Morgan fingerprint density at radius 3 is 2.79 bits per heavy atom. The van der Waals surface area contributed by atoms with E-state index in [0.717, 1.165) is 12.8 Å². The standard InChI is InChI=1S/C11H18N4O3S/c1-11(5-2-6-18-8-11)15-19(16,17)9-3-4-10(14-12)13-7-9/h3-4,7,15H,2,5-6,8,12H2,1H3,(H,13,14). The average molecular weight is 286 g/mol. The Morgan fingerprint density at radius 1 is 1.47 bits per heavy atom. The number of sulfonamides is 1. The summed E-state index contributed by atoms with van der Waals surface area (Å²) in [4.78, 5) is 4.00. The molecule has 8 heteroatoms. The fourth-order valence-corrected chi connectivity index (χ4v) is 3.39. The highest BCUT2D eigenvalue weighted by Crippen LogP contribution is 2.21. The van der Waals surface area contributed by atoms with Gasteiger partial charge in [-0.1, -0.05) is 0 Å². The van der Waals surface area contributed by atoms with Crippen LogP contribution in [0.2, 0.25) is 0 Å². The minimum Gasteiger partial charge on any atom is -0.380 e. The second kappa shape index (κ2) is 5.41. The van der Waals surface area contributed by atoms with Gasteiger partial charge in [-0.2, -0.15) is 0 Å². The van der Waals surface area contributed by atoms with Gasteiger partial charge in [-0.3, -0.25) is 0 Å². The summed E-state index contributed by atoms with van der Waals surface area (Å²) < 4.78 is 32.5. The van der Waals surface area contributed by atoms with E-state index in [-0.39, 0.29) is 4.90 Å². The van der Waals surface area contributed by atoms with Gasteiger partial charge in [0.05, 0.1) is 12.1 Å². The molecule has 4 N–H and O–H groups in total. The molecule has 19 heavy (non-hydrogen) atoms. The van der Waals surface area contributed by atoms with Crippen molar-refractivity contribution in [3.8, 4) is 0 Å². The Hall–Kier alpha value is -1.22. The topological polar surface area (TPSA) is 106 Å². The zero-order valence-corrected chi connectivity index (χ0v) is 11.5. The fourth-order valence-electron chi connectivity index (χ4n) is 2.02. The van der Waals surface area contributed by atoms with Crippen LogP contribution in [0.25, 0.3) is 0 Å². The molecule has 7 nitrogen and oxygen atoms in total. The zero-order valence-electron chi connectivity index (χ0n) is 10.7. The molecule has 1 aliphatic rings. The van der Waals surface area contributed by atoms with Crippen molar-refractivity contribution < 1.29 is 13.2 Å². The van der Waals surface area contributed by atoms with Gasteiger partial charge < -0.3 is 10.2 Å². The number of hydrazine groups is 1. The highest BCUT2D eigenvalue weighted by Gasteiger charge is 2.32. The summed E-state index contributed by atoms with van der Waals surface area (Å²) in [5.74, 6) is 5.59. The second-order valence-corrected chi connectivity index (χ2v) is 6.53. The number of rotatable bonds is 4. The Labute approximate surface area is 112 Å². The monoisotopic (exact) mass is 286 g/mol. The number of anilines is 1. The number of hydrogen-bond donors (Lipinski definition) is 3. The Bertz CT molecular complexity index is 523. The second-order valence-electron chi connectivity index (χ2n) is 4.85. The van der Waals surface area contributed by atoms with Crippen molar-refractivity contribution >= 4 is 15.8 Å². The largest absolute Gasteiger partial charge is 0.380 e. The van der Waals surface area contributed by atoms with Crippen molar-refractivity contribution in [2.45, 2.75) is 30.2 Å². The summed E-state index contributed by atoms with van der Waals surface area (Å²) in [5, 5.41) is 0. The van der Waals surface area contributed by atoms with Crippen LogP contribution in [0.1, 0.15) is 19.8 Å². The van der Waals surface area contributed by atoms with Crippen molar-refractivity contribution in [1.82, 2.24) is 9.71 Å². The Morgan fingerprint density at radius 2 is 2.26 bits per heavy atom. The van der Waals surface area contributed by atoms with Crippen LogP contribution in [0.15, 0.2) is 23.2 Å². The van der Waals surface area contributed by atoms with Crippen LogP contribution in [0.4, 0.5) is 5.82 Å². The summed E-state index contributed by atoms with van der Waals surface area (Å²) in [6.07, 6.45) is 2.86. The van der Waals surface area contributed by atoms with Crippen molar-refractivity contribution in [3.05, 3.63) is 18.3 Å². The van der Waals surface area contributed by atoms with Gasteiger partial charge in [0.1, 0.15) is 10.7 Å². The predicted octanol–water partition coefficient (Wildman–Crippen LogP) is 0.215. The lowest BCUT2D eigenvalue weighted by Crippen LogP contribution is -2.51. The highest BCUT2D eigenvalue weighted by molar-refractivity contribution is 7.89. The first kappa shape index (κ1) is 14.2. The number of nitrogen functional groups attached to an aromatic ring is 1. The number of ether oxygens (including phenoxy) is 1. The van der Waals surface area contributed by atoms with E-state index >= 15 is 0 Å². The van der Waals surface area contributed by atoms with Crippen LogP contribution >= 0.6 is 0 Å². The van der Waals surface area contributed by atoms with Crippen LogP contribution < -0.4 is 16.0 Å². The number of aromatic nitrogens is 1. The van der Waals surface area contributed by atoms with E-state index in [1.807, 2.05) is 6.92 Å². The van der Waals surface area contributed by atoms with Gasteiger partial charge in [-0.05, 0) is 31.9 Å². The molecule has 2 rings (SSSR count). The third-order valence-electron chi connectivity index (χ3n) is 3.01. The first-order chi connectivity index (χ1) is 8.95. The van der Waals surface area contributed by atoms with Gasteiger partial charge in [0.2, 0.25) is 10.0 Å². The lowest BCUT2D eigenvalue weighted by Gasteiger charge is -2.33. The van der Waals surface area contributed by atoms with Gasteiger partial charge in [0.25, 0.3) is 0 Å². The third-order valence-corrected chi connectivity index (χ3v) is 4.64. The molecule has 1 atom stereocenters. The van der Waals surface area contributed by atoms with E-state index in [9.17, 15) is 8.42 Å². The molecule has 0 amide bonds. The van der Waals surface area contributed by atoms with Crippen LogP contribution in [0.3, 0.4) is 0 Å². The van der Waals surface area contributed by atoms with E-state index < -0.39 is 15.6 Å². The number of nitrogens with two attached hydrogens (primary N) is 1. The number of hydrogen-bond acceptors (Lipinski definition) is 6. The van der Waals surface area contributed by atoms with E-state index in [4.69, 9.17) is 10.6 Å². The highest BCUT2D eigenvalue weighted by atomic mass is 32.2. The molecule has 1 unspecified atom stereocenters. The molecule has 1 aromatic heterocycles. The summed E-state index contributed by atoms with van der Waals surface area (Å²) in [5.41, 5.74) is 1.78. The van der Waals surface area contributed by atoms with Gasteiger partial charge in [-0.25, -0.2) is 24.0 Å². The quantitative estimate of drug-likeness (QED) is 0.540. The Kier molecular flexibility index (Phi) is 4.04. The van der Waals surface area contributed by atoms with Gasteiger partial charge in [-0.15, -0.1) is 0 Å². The molecule has 0 saturated carbocycles. The fraction of sp³-hybridized carbons (Fsp3) is 0.545. The molecule has 0 bridgehead atoms. The van der Waals surface area contributed by atoms with Crippen LogP contribution in [0, 0.1) is 0 Å². The molecular formula is C11H18N4O3S. The van der Waals surface area contributed by atoms with Crippen molar-refractivity contribution in [2.24, 2.45) is 5.84 Å². The lowest BCUT2D eigenvalue weighted by molar-refractivity contribution is 0.0386. The molecule has 1 saturated heterocycles. The lowest BCUT2D eigenvalue weighted by atomic mass is 9.97. The molecule has 0 aromatic carbocycles. The molecule has 106 valence electrons. The minimum absolute atomic E-state index is 0.110. The van der Waals surface area contributed by atoms with E-state index in [2.05, 4.69) is 15.1 Å². The van der Waals surface area contributed by atoms with Gasteiger partial charge in [0, 0.05) is 12.8 Å². The maximum atomic E-state index is 12.2. The molecule has 1 aliphatic heterocycles. The van der Waals surface area contributed by atoms with Gasteiger partial charge in [0.15, 0.2) is 0 Å². The molecular weight excluding hydrogens is 268 g/mol. The molecule has 2 heterocycles. The molecule has 1 aromatic rings. The van der Waals surface area contributed by atoms with Crippen molar-refractivity contribution in [1.29, 1.82) is 0 Å². The maximum absolute atomic E-state index is 12.2. The van der Waals surface area contributed by atoms with E-state index in [0.29, 0.717) is 19.0 Å². The van der Waals surface area contributed by atoms with E-state index in [1.54, 1.807) is 0 Å². The van der Waals surface area contributed by atoms with Crippen molar-refractivity contribution in [3.63, 3.8) is 0 Å². The van der Waals surface area contributed by atoms with Crippen LogP contribution in [-0.4, -0.2) is 32.2 Å². The number of pyridine rings is 1. The van der Waals surface area contributed by atoms with E-state index in [1.165, 1.54) is 18.3 Å². The smallest absolute Gasteiger partial charge is 0.242 e. The summed E-state index contributed by atoms with van der Waals surface area (Å²) in [6.45, 7) is 2.89. The first-order valence-electron chi connectivity index (χ1n) is 6.00. The summed E-state index contributed by atoms with van der Waals surface area (Å²) in [6, 6.07) is 2.96. The maximum Gasteiger partial charge on any atom is 0.242 e. The molecule has 0 aliphatic carbocycles. The molecule has 0 spiro atoms. The predicted molar refractivity (Wildman–Crippen MR) is 70.8 cm³/mol. The number of nitrogens with zero attached hydrogens (tertiary/aromatic N) is 1. The SMILES string of the molecule is CC1(NS(=O)(=O)c2ccc(NN)nc2)CCCOC1. The summed E-state index contributed by atoms with van der Waals surface area (Å²) in [7, 11) is -3.60. The minimum atomic E-state index is -3.60. The Balaban J connectivity index is 2.17. The third kappa shape index (κ3) is 3.41. The van der Waals surface area contributed by atoms with Crippen LogP contribution in [0.5, 0.6) is 0 Å². The zero-order chi connectivity index (χ0) is 13.9. The number of nitrogens with one attached hydrogen (secondary N) is 2. The average Bonchev–Trinajstić information content (AvgIpc) is 2.38.